The van der Waals surface area contributed by atoms with Crippen molar-refractivity contribution in [3.05, 3.63) is 153 Å². The number of aromatic nitrogens is 2. The summed E-state index contributed by atoms with van der Waals surface area (Å²) in [7, 11) is 1.63. The van der Waals surface area contributed by atoms with E-state index < -0.39 is 0 Å². The van der Waals surface area contributed by atoms with Gasteiger partial charge in [-0.25, -0.2) is 4.98 Å². The first-order valence-corrected chi connectivity index (χ1v) is 18.0. The van der Waals surface area contributed by atoms with E-state index in [0.717, 1.165) is 33.7 Å². The normalized spacial score (nSPS) is 11.3. The molecule has 0 spiro atoms. The van der Waals surface area contributed by atoms with Crippen LogP contribution in [0.5, 0.6) is 5.75 Å². The Kier molecular flexibility index (Phi) is 14.5. The van der Waals surface area contributed by atoms with Gasteiger partial charge in [0, 0.05) is 45.2 Å². The smallest absolute Gasteiger partial charge is 0.226 e. The summed E-state index contributed by atoms with van der Waals surface area (Å²) >= 11 is 18.9. The molecule has 0 saturated heterocycles. The molecule has 52 heavy (non-hydrogen) atoms. The summed E-state index contributed by atoms with van der Waals surface area (Å²) in [5.41, 5.74) is 5.26. The van der Waals surface area contributed by atoms with Crippen molar-refractivity contribution in [2.24, 2.45) is 0 Å². The lowest BCUT2D eigenvalue weighted by molar-refractivity contribution is -0.121. The van der Waals surface area contributed by atoms with Gasteiger partial charge in [0.05, 0.1) is 47.1 Å². The molecule has 0 saturated carbocycles. The van der Waals surface area contributed by atoms with Crippen molar-refractivity contribution in [1.82, 2.24) is 25.1 Å². The third-order valence-electron chi connectivity index (χ3n) is 8.30. The Balaban J connectivity index is 1.34. The van der Waals surface area contributed by atoms with Crippen LogP contribution in [0.4, 0.5) is 0 Å². The van der Waals surface area contributed by atoms with Crippen LogP contribution < -0.4 is 15.4 Å². The molecule has 268 valence electrons. The van der Waals surface area contributed by atoms with E-state index in [2.05, 4.69) is 21.7 Å². The van der Waals surface area contributed by atoms with Gasteiger partial charge in [0.15, 0.2) is 5.11 Å². The number of rotatable bonds is 17. The maximum atomic E-state index is 13.8. The topological polar surface area (TPSA) is 104 Å². The van der Waals surface area contributed by atoms with Crippen molar-refractivity contribution in [1.29, 1.82) is 5.26 Å². The second-order valence-corrected chi connectivity index (χ2v) is 13.4. The SMILES string of the molecule is COCCNC(=S)N(Cc1cccc(Cl)c1Cl)C[C@H](Cc1ccc(OCc2ccccc2)cc1)NC(=O)Cc1cncn1Cc1ccc(C#N)cc1. The first-order valence-electron chi connectivity index (χ1n) is 16.8. The highest BCUT2D eigenvalue weighted by Gasteiger charge is 2.22. The molecule has 0 unspecified atom stereocenters. The highest BCUT2D eigenvalue weighted by atomic mass is 35.5. The second-order valence-electron chi connectivity index (χ2n) is 12.2. The Bertz CT molecular complexity index is 1950. The van der Waals surface area contributed by atoms with Crippen LogP contribution >= 0.6 is 35.4 Å². The maximum Gasteiger partial charge on any atom is 0.226 e. The average Bonchev–Trinajstić information content (AvgIpc) is 3.59. The van der Waals surface area contributed by atoms with E-state index in [0.29, 0.717) is 66.5 Å². The van der Waals surface area contributed by atoms with Gasteiger partial charge in [-0.15, -0.1) is 0 Å². The summed E-state index contributed by atoms with van der Waals surface area (Å²) in [6.07, 6.45) is 4.06. The minimum atomic E-state index is -0.349. The van der Waals surface area contributed by atoms with Crippen molar-refractivity contribution >= 4 is 46.4 Å². The van der Waals surface area contributed by atoms with Gasteiger partial charge in [-0.1, -0.05) is 89.9 Å². The van der Waals surface area contributed by atoms with E-state index in [4.69, 9.17) is 50.2 Å². The molecule has 4 aromatic carbocycles. The zero-order valence-corrected chi connectivity index (χ0v) is 31.1. The lowest BCUT2D eigenvalue weighted by atomic mass is 10.0. The van der Waals surface area contributed by atoms with E-state index in [9.17, 15) is 4.79 Å². The number of nitriles is 1. The number of carbonyl (C=O) groups excluding carboxylic acids is 1. The molecule has 0 radical (unpaired) electrons. The Morgan fingerprint density at radius 1 is 0.981 bits per heavy atom. The minimum Gasteiger partial charge on any atom is -0.489 e. The van der Waals surface area contributed by atoms with Crippen molar-refractivity contribution in [2.45, 2.75) is 38.6 Å². The monoisotopic (exact) mass is 754 g/mol. The lowest BCUT2D eigenvalue weighted by Crippen LogP contribution is -2.50. The minimum absolute atomic E-state index is 0.121. The van der Waals surface area contributed by atoms with E-state index in [1.54, 1.807) is 37.8 Å². The van der Waals surface area contributed by atoms with Crippen molar-refractivity contribution < 1.29 is 14.3 Å². The fourth-order valence-corrected chi connectivity index (χ4v) is 6.23. The zero-order valence-electron chi connectivity index (χ0n) is 28.8. The van der Waals surface area contributed by atoms with Crippen molar-refractivity contribution in [3.63, 3.8) is 0 Å². The maximum absolute atomic E-state index is 13.8. The molecule has 1 aromatic heterocycles. The molecule has 5 rings (SSSR count). The summed E-state index contributed by atoms with van der Waals surface area (Å²) in [5.74, 6) is 0.595. The van der Waals surface area contributed by atoms with Crippen LogP contribution in [-0.4, -0.2) is 58.3 Å². The van der Waals surface area contributed by atoms with E-state index in [1.807, 2.05) is 88.3 Å². The molecule has 0 aliphatic heterocycles. The van der Waals surface area contributed by atoms with Crippen LogP contribution in [0.2, 0.25) is 10.0 Å². The fourth-order valence-electron chi connectivity index (χ4n) is 5.60. The van der Waals surface area contributed by atoms with Crippen LogP contribution in [0.3, 0.4) is 0 Å². The number of hydrogen-bond acceptors (Lipinski definition) is 6. The van der Waals surface area contributed by atoms with E-state index in [-0.39, 0.29) is 18.4 Å². The van der Waals surface area contributed by atoms with E-state index in [1.165, 1.54) is 0 Å². The number of halogens is 2. The predicted molar refractivity (Wildman–Crippen MR) is 208 cm³/mol. The molecule has 0 aliphatic carbocycles. The van der Waals surface area contributed by atoms with Crippen LogP contribution in [-0.2, 0) is 42.1 Å². The number of amides is 1. The number of ether oxygens (including phenoxy) is 2. The molecule has 5 aromatic rings. The molecular formula is C40H40Cl2N6O3S. The number of methoxy groups -OCH3 is 1. The highest BCUT2D eigenvalue weighted by Crippen LogP contribution is 2.27. The molecule has 12 heteroatoms. The number of imidazole rings is 1. The summed E-state index contributed by atoms with van der Waals surface area (Å²) in [6.45, 7) is 2.72. The van der Waals surface area contributed by atoms with Gasteiger partial charge in [0.1, 0.15) is 12.4 Å². The van der Waals surface area contributed by atoms with E-state index >= 15 is 0 Å². The number of benzene rings is 4. The number of thiocarbonyl (C=S) groups is 1. The quantitative estimate of drug-likeness (QED) is 0.0775. The van der Waals surface area contributed by atoms with Gasteiger partial charge in [0.2, 0.25) is 5.91 Å². The molecular weight excluding hydrogens is 715 g/mol. The Morgan fingerprint density at radius 2 is 1.73 bits per heavy atom. The second kappa shape index (κ2) is 19.6. The molecule has 9 nitrogen and oxygen atoms in total. The van der Waals surface area contributed by atoms with Crippen molar-refractivity contribution in [3.8, 4) is 11.8 Å². The third-order valence-corrected chi connectivity index (χ3v) is 9.56. The summed E-state index contributed by atoms with van der Waals surface area (Å²) in [6, 6.07) is 32.6. The summed E-state index contributed by atoms with van der Waals surface area (Å²) in [4.78, 5) is 20.1. The van der Waals surface area contributed by atoms with Crippen LogP contribution in [0, 0.1) is 11.3 Å². The van der Waals surface area contributed by atoms with Crippen LogP contribution in [0.15, 0.2) is 110 Å². The molecule has 1 heterocycles. The van der Waals surface area contributed by atoms with Crippen molar-refractivity contribution in [2.75, 3.05) is 26.8 Å². The molecule has 0 bridgehead atoms. The Labute approximate surface area is 320 Å². The predicted octanol–water partition coefficient (Wildman–Crippen LogP) is 6.98. The summed E-state index contributed by atoms with van der Waals surface area (Å²) in [5, 5.41) is 17.1. The van der Waals surface area contributed by atoms with Gasteiger partial charge in [-0.2, -0.15) is 5.26 Å². The van der Waals surface area contributed by atoms with Gasteiger partial charge < -0.3 is 29.6 Å². The first kappa shape index (κ1) is 38.3. The van der Waals surface area contributed by atoms with Gasteiger partial charge in [0.25, 0.3) is 0 Å². The van der Waals surface area contributed by atoms with Gasteiger partial charge in [-0.3, -0.25) is 4.79 Å². The van der Waals surface area contributed by atoms with Crippen LogP contribution in [0.25, 0.3) is 0 Å². The number of carbonyl (C=O) groups is 1. The third kappa shape index (κ3) is 11.6. The summed E-state index contributed by atoms with van der Waals surface area (Å²) < 4.78 is 13.2. The lowest BCUT2D eigenvalue weighted by Gasteiger charge is -2.31. The largest absolute Gasteiger partial charge is 0.489 e. The highest BCUT2D eigenvalue weighted by molar-refractivity contribution is 7.80. The first-order chi connectivity index (χ1) is 25.3. The van der Waals surface area contributed by atoms with Crippen LogP contribution in [0.1, 0.15) is 33.5 Å². The molecule has 1 amide bonds. The molecule has 1 atom stereocenters. The van der Waals surface area contributed by atoms with Gasteiger partial charge in [-0.05, 0) is 71.2 Å². The standard InChI is InChI=1S/C40H40Cl2N6O3S/c1-50-19-18-45-40(52)47(25-33-8-5-9-37(41)39(33)42)26-34(20-29-14-16-36(17-15-29)51-27-32-6-3-2-4-7-32)46-38(49)21-35-23-44-28-48(35)24-31-12-10-30(22-43)11-13-31/h2-17,23,28,34H,18-21,24-27H2,1H3,(H,45,52)(H,46,49)/t34-/m0/s1. The Hall–Kier alpha value is -4.92. The average molecular weight is 756 g/mol. The molecule has 0 aliphatic rings. The fraction of sp³-hybridized carbons (Fsp3) is 0.250. The Morgan fingerprint density at radius 3 is 2.46 bits per heavy atom. The number of nitrogens with zero attached hydrogens (tertiary/aromatic N) is 4. The number of hydrogen-bond donors (Lipinski definition) is 2. The zero-order chi connectivity index (χ0) is 36.7. The molecule has 0 fully saturated rings. The molecule has 2 N–H and O–H groups in total. The number of nitrogens with one attached hydrogen (secondary N) is 2. The van der Waals surface area contributed by atoms with Gasteiger partial charge >= 0.3 is 0 Å².